The number of anilines is 1. The maximum Gasteiger partial charge on any atom is 0.137 e. The second-order valence-corrected chi connectivity index (χ2v) is 6.70. The van der Waals surface area contributed by atoms with Crippen molar-refractivity contribution in [2.75, 3.05) is 11.4 Å². The third kappa shape index (κ3) is 2.37. The fraction of sp³-hybridized carbons (Fsp3) is 0.235. The van der Waals surface area contributed by atoms with Gasteiger partial charge in [-0.25, -0.2) is 9.37 Å². The van der Waals surface area contributed by atoms with E-state index in [0.717, 1.165) is 28.7 Å². The molecule has 0 saturated carbocycles. The van der Waals surface area contributed by atoms with Crippen LogP contribution in [-0.4, -0.2) is 15.9 Å². The molecule has 1 aliphatic rings. The molecule has 112 valence electrons. The van der Waals surface area contributed by atoms with Gasteiger partial charge >= 0.3 is 0 Å². The zero-order chi connectivity index (χ0) is 15.1. The van der Waals surface area contributed by atoms with Gasteiger partial charge in [-0.15, -0.1) is 0 Å². The SMILES string of the molecule is Fc1ccc(C2CCCN2c2ccc3ncc(I)n3c2)cc1. The van der Waals surface area contributed by atoms with Crippen molar-refractivity contribution in [3.05, 3.63) is 63.9 Å². The van der Waals surface area contributed by atoms with Gasteiger partial charge in [0.1, 0.15) is 15.2 Å². The average Bonchev–Trinajstić information content (AvgIpc) is 3.15. The molecule has 2 aromatic heterocycles. The van der Waals surface area contributed by atoms with Gasteiger partial charge < -0.3 is 4.90 Å². The van der Waals surface area contributed by atoms with Crippen LogP contribution in [0.4, 0.5) is 10.1 Å². The third-order valence-corrected chi connectivity index (χ3v) is 5.08. The van der Waals surface area contributed by atoms with E-state index in [1.807, 2.05) is 18.3 Å². The van der Waals surface area contributed by atoms with Gasteiger partial charge in [-0.2, -0.15) is 0 Å². The molecule has 0 bridgehead atoms. The smallest absolute Gasteiger partial charge is 0.137 e. The number of hydrogen-bond donors (Lipinski definition) is 0. The number of pyridine rings is 1. The lowest BCUT2D eigenvalue weighted by Gasteiger charge is -2.27. The topological polar surface area (TPSA) is 20.5 Å². The van der Waals surface area contributed by atoms with Crippen molar-refractivity contribution in [2.45, 2.75) is 18.9 Å². The van der Waals surface area contributed by atoms with Crippen LogP contribution in [0.15, 0.2) is 48.8 Å². The van der Waals surface area contributed by atoms with Crippen molar-refractivity contribution >= 4 is 33.9 Å². The lowest BCUT2D eigenvalue weighted by Crippen LogP contribution is -2.22. The Morgan fingerprint density at radius 2 is 1.95 bits per heavy atom. The minimum absolute atomic E-state index is 0.178. The van der Waals surface area contributed by atoms with Crippen molar-refractivity contribution in [1.29, 1.82) is 0 Å². The fourth-order valence-corrected chi connectivity index (χ4v) is 3.74. The molecule has 22 heavy (non-hydrogen) atoms. The van der Waals surface area contributed by atoms with E-state index in [0.29, 0.717) is 6.04 Å². The van der Waals surface area contributed by atoms with Crippen LogP contribution >= 0.6 is 22.6 Å². The van der Waals surface area contributed by atoms with Crippen LogP contribution in [0, 0.1) is 9.52 Å². The molecule has 0 amide bonds. The van der Waals surface area contributed by atoms with Crippen LogP contribution in [-0.2, 0) is 0 Å². The van der Waals surface area contributed by atoms with Gasteiger partial charge in [-0.1, -0.05) is 12.1 Å². The number of imidazole rings is 1. The maximum absolute atomic E-state index is 13.2. The Bertz CT molecular complexity index is 812. The quantitative estimate of drug-likeness (QED) is 0.587. The van der Waals surface area contributed by atoms with E-state index in [1.165, 1.54) is 11.3 Å². The number of benzene rings is 1. The van der Waals surface area contributed by atoms with E-state index < -0.39 is 0 Å². The summed E-state index contributed by atoms with van der Waals surface area (Å²) in [6.07, 6.45) is 6.28. The van der Waals surface area contributed by atoms with Gasteiger partial charge in [-0.3, -0.25) is 4.40 Å². The van der Waals surface area contributed by atoms with Gasteiger partial charge in [0, 0.05) is 12.7 Å². The van der Waals surface area contributed by atoms with Crippen LogP contribution in [0.25, 0.3) is 5.65 Å². The zero-order valence-electron chi connectivity index (χ0n) is 11.9. The van der Waals surface area contributed by atoms with Crippen molar-refractivity contribution in [1.82, 2.24) is 9.38 Å². The summed E-state index contributed by atoms with van der Waals surface area (Å²) >= 11 is 2.29. The third-order valence-electron chi connectivity index (χ3n) is 4.28. The zero-order valence-corrected chi connectivity index (χ0v) is 14.1. The fourth-order valence-electron chi connectivity index (χ4n) is 3.22. The van der Waals surface area contributed by atoms with Crippen LogP contribution in [0.3, 0.4) is 0 Å². The Hall–Kier alpha value is -1.63. The highest BCUT2D eigenvalue weighted by Crippen LogP contribution is 2.36. The molecule has 1 aliphatic heterocycles. The molecule has 1 atom stereocenters. The molecule has 3 nitrogen and oxygen atoms in total. The molecule has 3 heterocycles. The number of halogens is 2. The Morgan fingerprint density at radius 3 is 2.77 bits per heavy atom. The van der Waals surface area contributed by atoms with Gasteiger partial charge in [0.25, 0.3) is 0 Å². The maximum atomic E-state index is 13.2. The molecule has 0 spiro atoms. The summed E-state index contributed by atoms with van der Waals surface area (Å²) in [5.41, 5.74) is 3.33. The molecule has 0 radical (unpaired) electrons. The predicted molar refractivity (Wildman–Crippen MR) is 93.6 cm³/mol. The van der Waals surface area contributed by atoms with Gasteiger partial charge in [0.2, 0.25) is 0 Å². The largest absolute Gasteiger partial charge is 0.363 e. The number of hydrogen-bond acceptors (Lipinski definition) is 2. The highest BCUT2D eigenvalue weighted by atomic mass is 127. The first-order chi connectivity index (χ1) is 10.7. The van der Waals surface area contributed by atoms with Crippen LogP contribution in [0.5, 0.6) is 0 Å². The van der Waals surface area contributed by atoms with Gasteiger partial charge in [0.15, 0.2) is 0 Å². The summed E-state index contributed by atoms with van der Waals surface area (Å²) in [6, 6.07) is 11.4. The summed E-state index contributed by atoms with van der Waals surface area (Å²) in [4.78, 5) is 6.77. The van der Waals surface area contributed by atoms with Crippen molar-refractivity contribution in [3.63, 3.8) is 0 Å². The Morgan fingerprint density at radius 1 is 1.14 bits per heavy atom. The van der Waals surface area contributed by atoms with E-state index in [2.05, 4.69) is 55.2 Å². The summed E-state index contributed by atoms with van der Waals surface area (Å²) in [6.45, 7) is 1.03. The van der Waals surface area contributed by atoms with Crippen molar-refractivity contribution < 1.29 is 4.39 Å². The van der Waals surface area contributed by atoms with Gasteiger partial charge in [-0.05, 0) is 65.3 Å². The summed E-state index contributed by atoms with van der Waals surface area (Å²) in [7, 11) is 0. The normalized spacial score (nSPS) is 18.3. The molecule has 0 N–H and O–H groups in total. The Kier molecular flexibility index (Phi) is 3.52. The van der Waals surface area contributed by atoms with Crippen LogP contribution < -0.4 is 4.90 Å². The Balaban J connectivity index is 1.72. The van der Waals surface area contributed by atoms with E-state index in [9.17, 15) is 4.39 Å². The van der Waals surface area contributed by atoms with E-state index >= 15 is 0 Å². The summed E-state index contributed by atoms with van der Waals surface area (Å²) < 4.78 is 16.4. The molecule has 5 heteroatoms. The standard InChI is InChI=1S/C17H15FIN3/c18-13-5-3-12(4-6-13)15-2-1-9-21(15)14-7-8-17-20-10-16(19)22(17)11-14/h3-8,10-11,15H,1-2,9H2. The highest BCUT2D eigenvalue weighted by Gasteiger charge is 2.26. The summed E-state index contributed by atoms with van der Waals surface area (Å²) in [5, 5.41) is 0. The second-order valence-electron chi connectivity index (χ2n) is 5.60. The number of nitrogens with zero attached hydrogens (tertiary/aromatic N) is 3. The molecule has 1 unspecified atom stereocenters. The van der Waals surface area contributed by atoms with Crippen LogP contribution in [0.2, 0.25) is 0 Å². The first-order valence-corrected chi connectivity index (χ1v) is 8.45. The van der Waals surface area contributed by atoms with Gasteiger partial charge in [0.05, 0.1) is 17.9 Å². The van der Waals surface area contributed by atoms with Crippen molar-refractivity contribution in [3.8, 4) is 0 Å². The number of rotatable bonds is 2. The van der Waals surface area contributed by atoms with E-state index in [-0.39, 0.29) is 5.82 Å². The second kappa shape index (κ2) is 5.53. The van der Waals surface area contributed by atoms with E-state index in [1.54, 1.807) is 12.1 Å². The number of aromatic nitrogens is 2. The molecule has 4 rings (SSSR count). The number of fused-ring (bicyclic) bond motifs is 1. The van der Waals surface area contributed by atoms with Crippen LogP contribution in [0.1, 0.15) is 24.4 Å². The van der Waals surface area contributed by atoms with Crippen molar-refractivity contribution in [2.24, 2.45) is 0 Å². The molecule has 1 fully saturated rings. The summed E-state index contributed by atoms with van der Waals surface area (Å²) in [5.74, 6) is -0.178. The lowest BCUT2D eigenvalue weighted by atomic mass is 10.0. The molecule has 1 aromatic carbocycles. The first kappa shape index (κ1) is 14.0. The molecular weight excluding hydrogens is 392 g/mol. The average molecular weight is 407 g/mol. The monoisotopic (exact) mass is 407 g/mol. The Labute approximate surface area is 141 Å². The predicted octanol–water partition coefficient (Wildman–Crippen LogP) is 4.42. The molecule has 3 aromatic rings. The first-order valence-electron chi connectivity index (χ1n) is 7.37. The minimum atomic E-state index is -0.178. The molecular formula is C17H15FIN3. The van der Waals surface area contributed by atoms with E-state index in [4.69, 9.17) is 0 Å². The highest BCUT2D eigenvalue weighted by molar-refractivity contribution is 14.1. The molecule has 0 aliphatic carbocycles. The lowest BCUT2D eigenvalue weighted by molar-refractivity contribution is 0.624. The molecule has 1 saturated heterocycles. The minimum Gasteiger partial charge on any atom is -0.363 e.